The van der Waals surface area contributed by atoms with Crippen LogP contribution in [0.2, 0.25) is 0 Å². The maximum Gasteiger partial charge on any atom is 0.159 e. The van der Waals surface area contributed by atoms with Crippen molar-refractivity contribution in [1.82, 2.24) is 19.7 Å². The lowest BCUT2D eigenvalue weighted by Gasteiger charge is -2.10. The highest BCUT2D eigenvalue weighted by Gasteiger charge is 2.15. The van der Waals surface area contributed by atoms with Crippen molar-refractivity contribution >= 4 is 21.9 Å². The smallest absolute Gasteiger partial charge is 0.159 e. The lowest BCUT2D eigenvalue weighted by molar-refractivity contribution is 0.526. The number of aromatic nitrogens is 4. The normalized spacial score (nSPS) is 11.8. The molecular formula is C17H22N4. The number of unbranched alkanes of at least 4 members (excludes halogenated alkanes) is 1. The average Bonchev–Trinajstić information content (AvgIpc) is 2.82. The summed E-state index contributed by atoms with van der Waals surface area (Å²) >= 11 is 0. The Kier molecular flexibility index (Phi) is 3.86. The highest BCUT2D eigenvalue weighted by molar-refractivity contribution is 6.04. The number of hydrogen-bond acceptors (Lipinski definition) is 3. The zero-order valence-corrected chi connectivity index (χ0v) is 13.0. The minimum Gasteiger partial charge on any atom is -0.268 e. The quantitative estimate of drug-likeness (QED) is 0.711. The highest BCUT2D eigenvalue weighted by Crippen LogP contribution is 2.27. The van der Waals surface area contributed by atoms with Crippen LogP contribution in [0.3, 0.4) is 0 Å². The maximum absolute atomic E-state index is 4.78. The molecule has 21 heavy (non-hydrogen) atoms. The fourth-order valence-corrected chi connectivity index (χ4v) is 2.81. The summed E-state index contributed by atoms with van der Waals surface area (Å²) in [6, 6.07) is 4.08. The van der Waals surface area contributed by atoms with Crippen molar-refractivity contribution in [2.24, 2.45) is 5.92 Å². The van der Waals surface area contributed by atoms with Crippen LogP contribution in [0.1, 0.15) is 39.3 Å². The van der Waals surface area contributed by atoms with Gasteiger partial charge in [-0.25, -0.2) is 9.97 Å². The van der Waals surface area contributed by atoms with Crippen LogP contribution < -0.4 is 0 Å². The van der Waals surface area contributed by atoms with Crippen LogP contribution in [-0.4, -0.2) is 19.7 Å². The molecule has 3 aromatic heterocycles. The lowest BCUT2D eigenvalue weighted by atomic mass is 10.0. The Bertz CT molecular complexity index is 758. The van der Waals surface area contributed by atoms with Gasteiger partial charge in [0.05, 0.1) is 6.20 Å². The zero-order valence-electron chi connectivity index (χ0n) is 13.0. The van der Waals surface area contributed by atoms with Gasteiger partial charge in [0.2, 0.25) is 0 Å². The number of pyridine rings is 2. The Morgan fingerprint density at radius 2 is 2.10 bits per heavy atom. The summed E-state index contributed by atoms with van der Waals surface area (Å²) < 4.78 is 2.18. The van der Waals surface area contributed by atoms with Crippen molar-refractivity contribution in [3.63, 3.8) is 0 Å². The Labute approximate surface area is 125 Å². The van der Waals surface area contributed by atoms with E-state index >= 15 is 0 Å². The van der Waals surface area contributed by atoms with Gasteiger partial charge in [-0.15, -0.1) is 0 Å². The SMILES string of the molecule is CCCCn1nc2cnc3ncccc3c2c1CC(C)C. The van der Waals surface area contributed by atoms with E-state index < -0.39 is 0 Å². The molecule has 3 rings (SSSR count). The Balaban J connectivity index is 2.25. The molecule has 0 N–H and O–H groups in total. The Morgan fingerprint density at radius 1 is 1.24 bits per heavy atom. The second kappa shape index (κ2) is 5.80. The maximum atomic E-state index is 4.78. The third kappa shape index (κ3) is 2.62. The number of rotatable bonds is 5. The second-order valence-corrected chi connectivity index (χ2v) is 6.01. The zero-order chi connectivity index (χ0) is 14.8. The molecule has 0 spiro atoms. The van der Waals surface area contributed by atoms with Crippen LogP contribution in [0, 0.1) is 5.92 Å². The topological polar surface area (TPSA) is 43.6 Å². The van der Waals surface area contributed by atoms with E-state index in [1.54, 1.807) is 6.20 Å². The molecule has 4 nitrogen and oxygen atoms in total. The van der Waals surface area contributed by atoms with Gasteiger partial charge in [0.15, 0.2) is 5.65 Å². The van der Waals surface area contributed by atoms with Gasteiger partial charge in [0.25, 0.3) is 0 Å². The number of hydrogen-bond donors (Lipinski definition) is 0. The van der Waals surface area contributed by atoms with Gasteiger partial charge in [-0.05, 0) is 30.9 Å². The number of nitrogens with zero attached hydrogens (tertiary/aromatic N) is 4. The summed E-state index contributed by atoms with van der Waals surface area (Å²) in [5.74, 6) is 0.602. The molecule has 3 aromatic rings. The molecule has 0 aliphatic heterocycles. The van der Waals surface area contributed by atoms with Gasteiger partial charge in [-0.2, -0.15) is 5.10 Å². The molecule has 4 heteroatoms. The molecule has 0 fully saturated rings. The minimum atomic E-state index is 0.602. The minimum absolute atomic E-state index is 0.602. The van der Waals surface area contributed by atoms with Gasteiger partial charge in [-0.1, -0.05) is 27.2 Å². The predicted molar refractivity (Wildman–Crippen MR) is 86.3 cm³/mol. The summed E-state index contributed by atoms with van der Waals surface area (Å²) in [4.78, 5) is 8.81. The van der Waals surface area contributed by atoms with Crippen LogP contribution in [-0.2, 0) is 13.0 Å². The van der Waals surface area contributed by atoms with E-state index in [-0.39, 0.29) is 0 Å². The van der Waals surface area contributed by atoms with Gasteiger partial charge in [0.1, 0.15) is 5.52 Å². The van der Waals surface area contributed by atoms with Crippen molar-refractivity contribution in [1.29, 1.82) is 0 Å². The monoisotopic (exact) mass is 282 g/mol. The van der Waals surface area contributed by atoms with Crippen molar-refractivity contribution < 1.29 is 0 Å². The first-order valence-electron chi connectivity index (χ1n) is 7.79. The first-order chi connectivity index (χ1) is 10.2. The molecule has 3 heterocycles. The largest absolute Gasteiger partial charge is 0.268 e. The van der Waals surface area contributed by atoms with E-state index in [2.05, 4.69) is 41.5 Å². The van der Waals surface area contributed by atoms with Gasteiger partial charge in [-0.3, -0.25) is 4.68 Å². The molecule has 110 valence electrons. The fraction of sp³-hybridized carbons (Fsp3) is 0.471. The van der Waals surface area contributed by atoms with E-state index in [9.17, 15) is 0 Å². The van der Waals surface area contributed by atoms with Crippen molar-refractivity contribution in [2.45, 2.75) is 46.6 Å². The summed E-state index contributed by atoms with van der Waals surface area (Å²) in [5, 5.41) is 7.13. The Hall–Kier alpha value is -1.97. The van der Waals surface area contributed by atoms with Crippen LogP contribution in [0.25, 0.3) is 21.9 Å². The van der Waals surface area contributed by atoms with Crippen LogP contribution in [0.4, 0.5) is 0 Å². The molecule has 0 amide bonds. The molecule has 0 unspecified atom stereocenters. The molecule has 0 radical (unpaired) electrons. The van der Waals surface area contributed by atoms with Gasteiger partial charge < -0.3 is 0 Å². The average molecular weight is 282 g/mol. The van der Waals surface area contributed by atoms with E-state index in [0.29, 0.717) is 5.92 Å². The van der Waals surface area contributed by atoms with Crippen LogP contribution >= 0.6 is 0 Å². The summed E-state index contributed by atoms with van der Waals surface area (Å²) in [5.41, 5.74) is 3.13. The molecule has 0 atom stereocenters. The molecule has 0 saturated carbocycles. The third-order valence-corrected chi connectivity index (χ3v) is 3.77. The van der Waals surface area contributed by atoms with Crippen LogP contribution in [0.5, 0.6) is 0 Å². The first-order valence-corrected chi connectivity index (χ1v) is 7.79. The summed E-state index contributed by atoms with van der Waals surface area (Å²) in [7, 11) is 0. The summed E-state index contributed by atoms with van der Waals surface area (Å²) in [6.07, 6.45) is 7.02. The van der Waals surface area contributed by atoms with Crippen molar-refractivity contribution in [2.75, 3.05) is 0 Å². The predicted octanol–water partition coefficient (Wildman–Crippen LogP) is 3.98. The molecular weight excluding hydrogens is 260 g/mol. The van der Waals surface area contributed by atoms with Gasteiger partial charge >= 0.3 is 0 Å². The molecule has 0 bridgehead atoms. The standard InChI is InChI=1S/C17H22N4/c1-4-5-9-21-15(10-12(2)3)16-13-7-6-8-18-17(13)19-11-14(16)20-21/h6-8,11-12H,4-5,9-10H2,1-3H3. The molecule has 0 saturated heterocycles. The van der Waals surface area contributed by atoms with E-state index in [1.165, 1.54) is 17.5 Å². The van der Waals surface area contributed by atoms with Crippen molar-refractivity contribution in [3.8, 4) is 0 Å². The fourth-order valence-electron chi connectivity index (χ4n) is 2.81. The van der Waals surface area contributed by atoms with E-state index in [1.807, 2.05) is 12.3 Å². The summed E-state index contributed by atoms with van der Waals surface area (Å²) in [6.45, 7) is 7.70. The number of fused-ring (bicyclic) bond motifs is 3. The van der Waals surface area contributed by atoms with E-state index in [4.69, 9.17) is 5.10 Å². The third-order valence-electron chi connectivity index (χ3n) is 3.77. The number of aryl methyl sites for hydroxylation is 1. The van der Waals surface area contributed by atoms with Crippen LogP contribution in [0.15, 0.2) is 24.5 Å². The van der Waals surface area contributed by atoms with Crippen molar-refractivity contribution in [3.05, 3.63) is 30.2 Å². The molecule has 0 aliphatic rings. The highest BCUT2D eigenvalue weighted by atomic mass is 15.3. The first kappa shape index (κ1) is 14.0. The Morgan fingerprint density at radius 3 is 2.86 bits per heavy atom. The molecule has 0 aromatic carbocycles. The van der Waals surface area contributed by atoms with Gasteiger partial charge in [0, 0.05) is 29.2 Å². The second-order valence-electron chi connectivity index (χ2n) is 6.01. The van der Waals surface area contributed by atoms with E-state index in [0.717, 1.165) is 35.9 Å². The lowest BCUT2D eigenvalue weighted by Crippen LogP contribution is -2.07. The molecule has 0 aliphatic carbocycles.